The third kappa shape index (κ3) is 9.50. The Hall–Kier alpha value is -5.66. The average molecular weight is 873 g/mol. The maximum absolute atomic E-state index is 15.2. The number of fused-ring (bicyclic) bond motifs is 2. The van der Waals surface area contributed by atoms with E-state index in [0.29, 0.717) is 61.7 Å². The fourth-order valence-electron chi connectivity index (χ4n) is 8.15. The summed E-state index contributed by atoms with van der Waals surface area (Å²) in [4.78, 5) is 48.9. The Morgan fingerprint density at radius 1 is 0.873 bits per heavy atom. The maximum atomic E-state index is 15.2. The third-order valence-electron chi connectivity index (χ3n) is 12.9. The minimum atomic E-state index is -2.11. The van der Waals surface area contributed by atoms with Gasteiger partial charge in [-0.2, -0.15) is 5.10 Å². The predicted molar refractivity (Wildman–Crippen MR) is 250 cm³/mol. The number of hydrogen-bond acceptors (Lipinski definition) is 7. The molecule has 0 N–H and O–H groups in total. The summed E-state index contributed by atoms with van der Waals surface area (Å²) in [5, 5.41) is 4.60. The van der Waals surface area contributed by atoms with Gasteiger partial charge >= 0.3 is 6.09 Å². The van der Waals surface area contributed by atoms with Crippen LogP contribution in [0.4, 0.5) is 16.2 Å². The first-order valence-corrected chi connectivity index (χ1v) is 24.9. The molecule has 12 nitrogen and oxygen atoms in total. The maximum Gasteiger partial charge on any atom is 0.410 e. The number of nitrogens with zero attached hydrogens (tertiary/aromatic N) is 6. The topological polar surface area (TPSA) is 111 Å². The highest BCUT2D eigenvalue weighted by atomic mass is 28.4. The molecule has 3 aromatic carbocycles. The van der Waals surface area contributed by atoms with Gasteiger partial charge in [-0.05, 0) is 130 Å². The van der Waals surface area contributed by atoms with Gasteiger partial charge in [-0.25, -0.2) is 4.79 Å². The summed E-state index contributed by atoms with van der Waals surface area (Å²) in [5.74, 6) is 0.428. The van der Waals surface area contributed by atoms with Crippen molar-refractivity contribution >= 4 is 37.6 Å². The highest BCUT2D eigenvalue weighted by molar-refractivity contribution is 6.74. The van der Waals surface area contributed by atoms with Gasteiger partial charge in [-0.3, -0.25) is 19.2 Å². The van der Waals surface area contributed by atoms with Crippen LogP contribution in [0.25, 0.3) is 11.3 Å². The highest BCUT2D eigenvalue weighted by Crippen LogP contribution is 2.40. The van der Waals surface area contributed by atoms with Gasteiger partial charge in [0, 0.05) is 74.2 Å². The number of rotatable bonds is 10. The molecule has 5 aromatic rings. The van der Waals surface area contributed by atoms with E-state index in [1.54, 1.807) is 27.8 Å². The van der Waals surface area contributed by atoms with Crippen molar-refractivity contribution in [2.24, 2.45) is 7.05 Å². The van der Waals surface area contributed by atoms with Crippen LogP contribution in [0.2, 0.25) is 18.1 Å². The number of hydrogen-bond donors (Lipinski definition) is 0. The Bertz CT molecular complexity index is 2510. The molecule has 0 saturated carbocycles. The number of anilines is 2. The minimum Gasteiger partial charge on any atom is -0.544 e. The Morgan fingerprint density at radius 3 is 2.24 bits per heavy atom. The fraction of sp³-hybridized carbons (Fsp3) is 0.440. The van der Waals surface area contributed by atoms with Crippen LogP contribution in [0.3, 0.4) is 0 Å². The molecule has 7 rings (SSSR count). The summed E-state index contributed by atoms with van der Waals surface area (Å²) in [6, 6.07) is 21.9. The second-order valence-electron chi connectivity index (χ2n) is 19.6. The zero-order valence-electron chi connectivity index (χ0n) is 39.2. The Morgan fingerprint density at radius 2 is 1.57 bits per heavy atom. The highest BCUT2D eigenvalue weighted by Gasteiger charge is 2.39. The van der Waals surface area contributed by atoms with Crippen molar-refractivity contribution in [2.75, 3.05) is 25.2 Å². The molecule has 3 amide bonds. The van der Waals surface area contributed by atoms with E-state index < -0.39 is 13.9 Å². The van der Waals surface area contributed by atoms with Gasteiger partial charge in [0.2, 0.25) is 8.32 Å². The SMILES string of the molecule is COCCn1cc(N(C(=O)c2cc(-c3cc4c(cc3C(=O)N3Cc5ccccc5C[C@H]3C)CN(C(=O)OC(C)(C)C)CC4)n(C)c2C)c2ccc(O[Si](C)(C)C(C)(C)C)cc2)cn1. The number of amides is 3. The second-order valence-corrected chi connectivity index (χ2v) is 24.3. The van der Waals surface area contributed by atoms with Crippen LogP contribution in [0.5, 0.6) is 5.75 Å². The lowest BCUT2D eigenvalue weighted by molar-refractivity contribution is 0.0224. The molecule has 13 heteroatoms. The summed E-state index contributed by atoms with van der Waals surface area (Å²) in [6.45, 7) is 23.0. The summed E-state index contributed by atoms with van der Waals surface area (Å²) < 4.78 is 21.5. The van der Waals surface area contributed by atoms with Crippen molar-refractivity contribution in [1.29, 1.82) is 0 Å². The smallest absolute Gasteiger partial charge is 0.410 e. The Balaban J connectivity index is 1.30. The average Bonchev–Trinajstić information content (AvgIpc) is 3.81. The first-order chi connectivity index (χ1) is 29.7. The molecule has 0 fully saturated rings. The second kappa shape index (κ2) is 17.5. The number of benzene rings is 3. The lowest BCUT2D eigenvalue weighted by Gasteiger charge is -2.36. The first-order valence-electron chi connectivity index (χ1n) is 22.0. The number of carbonyl (C=O) groups excluding carboxylic acids is 3. The molecule has 2 aliphatic rings. The van der Waals surface area contributed by atoms with E-state index in [1.165, 1.54) is 5.56 Å². The van der Waals surface area contributed by atoms with Crippen LogP contribution in [0, 0.1) is 6.92 Å². The standard InChI is InChI=1S/C50H64N6O6Si/c1-33-25-35-15-13-14-16-37(35)31-55(33)46(57)44-27-38-30-53(48(59)61-49(3,4)5)22-21-36(38)26-43(44)45-28-42(34(2)52(45)9)47(58)56(40-29-51-54(32-40)23-24-60-10)39-17-19-41(20-18-39)62-63(11,12)50(6,7)8/h13-20,26-29,32-33H,21-25,30-31H2,1-12H3/t33-/m1/s1. The quantitative estimate of drug-likeness (QED) is 0.129. The van der Waals surface area contributed by atoms with E-state index in [4.69, 9.17) is 13.9 Å². The van der Waals surface area contributed by atoms with E-state index in [9.17, 15) is 4.79 Å². The van der Waals surface area contributed by atoms with Crippen molar-refractivity contribution in [3.63, 3.8) is 0 Å². The van der Waals surface area contributed by atoms with E-state index >= 15 is 9.59 Å². The zero-order valence-corrected chi connectivity index (χ0v) is 40.2. The van der Waals surface area contributed by atoms with Crippen LogP contribution >= 0.6 is 0 Å². The summed E-state index contributed by atoms with van der Waals surface area (Å²) in [5.41, 5.74) is 8.23. The van der Waals surface area contributed by atoms with Crippen LogP contribution in [0.15, 0.2) is 79.1 Å². The molecule has 2 aromatic heterocycles. The molecule has 0 aliphatic carbocycles. The lowest BCUT2D eigenvalue weighted by Crippen LogP contribution is -2.43. The summed E-state index contributed by atoms with van der Waals surface area (Å²) in [6.07, 6.45) is 4.52. The fourth-order valence-corrected chi connectivity index (χ4v) is 9.18. The number of carbonyl (C=O) groups is 3. The molecule has 4 heterocycles. The molecule has 0 bridgehead atoms. The van der Waals surface area contributed by atoms with Gasteiger partial charge < -0.3 is 28.3 Å². The molecule has 0 unspecified atom stereocenters. The lowest BCUT2D eigenvalue weighted by atomic mass is 9.90. The monoisotopic (exact) mass is 872 g/mol. The van der Waals surface area contributed by atoms with Gasteiger partial charge in [-0.1, -0.05) is 45.0 Å². The number of ether oxygens (including phenoxy) is 2. The molecule has 63 heavy (non-hydrogen) atoms. The van der Waals surface area contributed by atoms with Crippen LogP contribution < -0.4 is 9.33 Å². The van der Waals surface area contributed by atoms with Crippen molar-refractivity contribution in [3.8, 4) is 17.0 Å². The number of aromatic nitrogens is 3. The van der Waals surface area contributed by atoms with Gasteiger partial charge in [0.25, 0.3) is 11.8 Å². The summed E-state index contributed by atoms with van der Waals surface area (Å²) >= 11 is 0. The molecule has 334 valence electrons. The van der Waals surface area contributed by atoms with E-state index in [-0.39, 0.29) is 29.0 Å². The van der Waals surface area contributed by atoms with Crippen molar-refractivity contribution in [3.05, 3.63) is 118 Å². The zero-order chi connectivity index (χ0) is 45.6. The molecule has 0 spiro atoms. The van der Waals surface area contributed by atoms with Crippen LogP contribution in [0.1, 0.15) is 97.1 Å². The molecular formula is C50H64N6O6Si. The van der Waals surface area contributed by atoms with E-state index in [2.05, 4.69) is 64.1 Å². The van der Waals surface area contributed by atoms with Crippen molar-refractivity contribution in [2.45, 2.75) is 118 Å². The predicted octanol–water partition coefficient (Wildman–Crippen LogP) is 10.1. The largest absolute Gasteiger partial charge is 0.544 e. The van der Waals surface area contributed by atoms with E-state index in [1.807, 2.05) is 98.9 Å². The molecule has 0 radical (unpaired) electrons. The van der Waals surface area contributed by atoms with Crippen LogP contribution in [-0.4, -0.2) is 82.3 Å². The van der Waals surface area contributed by atoms with Crippen LogP contribution in [-0.2, 0) is 49.0 Å². The van der Waals surface area contributed by atoms with Crippen molar-refractivity contribution < 1.29 is 28.3 Å². The van der Waals surface area contributed by atoms with Gasteiger partial charge in [-0.15, -0.1) is 0 Å². The Kier molecular flexibility index (Phi) is 12.6. The van der Waals surface area contributed by atoms with Gasteiger partial charge in [0.15, 0.2) is 0 Å². The minimum absolute atomic E-state index is 0.0213. The van der Waals surface area contributed by atoms with Gasteiger partial charge in [0.05, 0.1) is 30.6 Å². The molecule has 0 saturated heterocycles. The van der Waals surface area contributed by atoms with Crippen molar-refractivity contribution in [1.82, 2.24) is 24.1 Å². The van der Waals surface area contributed by atoms with E-state index in [0.717, 1.165) is 45.8 Å². The normalized spacial score (nSPS) is 15.5. The first kappa shape index (κ1) is 45.4. The van der Waals surface area contributed by atoms with Gasteiger partial charge in [0.1, 0.15) is 11.4 Å². The number of methoxy groups -OCH3 is 1. The summed E-state index contributed by atoms with van der Waals surface area (Å²) in [7, 11) is 1.48. The molecule has 1 atom stereocenters. The molecule has 2 aliphatic heterocycles. The Labute approximate surface area is 373 Å². The molecular weight excluding hydrogens is 809 g/mol. The third-order valence-corrected chi connectivity index (χ3v) is 17.3.